The van der Waals surface area contributed by atoms with Gasteiger partial charge >= 0.3 is 0 Å². The molecule has 0 unspecified atom stereocenters. The first-order valence-corrected chi connectivity index (χ1v) is 13.2. The van der Waals surface area contributed by atoms with Crippen molar-refractivity contribution in [1.82, 2.24) is 14.8 Å². The molecule has 2 aliphatic heterocycles. The maximum Gasteiger partial charge on any atom is 0.270 e. The number of hydrazone groups is 1. The molecule has 1 aliphatic carbocycles. The van der Waals surface area contributed by atoms with Crippen LogP contribution in [0.5, 0.6) is 0 Å². The van der Waals surface area contributed by atoms with Gasteiger partial charge in [0.1, 0.15) is 0 Å². The summed E-state index contributed by atoms with van der Waals surface area (Å²) in [5, 5.41) is 19.0. The smallest absolute Gasteiger partial charge is 0.270 e. The molecule has 2 aromatic rings. The molecule has 2 saturated heterocycles. The Bertz CT molecular complexity index is 1200. The van der Waals surface area contributed by atoms with Gasteiger partial charge in [-0.2, -0.15) is 5.10 Å². The molecule has 2 aromatic carbocycles. The zero-order valence-corrected chi connectivity index (χ0v) is 21.6. The third kappa shape index (κ3) is 6.57. The topological polar surface area (TPSA) is 74.5 Å². The number of non-ortho nitro benzene ring substituents is 1. The maximum atomic E-state index is 11.2. The lowest BCUT2D eigenvalue weighted by Crippen LogP contribution is -2.43. The van der Waals surface area contributed by atoms with Crippen LogP contribution in [-0.4, -0.2) is 78.4 Å². The van der Waals surface area contributed by atoms with Crippen LogP contribution in [0.1, 0.15) is 24.0 Å². The zero-order valence-electron chi connectivity index (χ0n) is 20.9. The summed E-state index contributed by atoms with van der Waals surface area (Å²) in [6.45, 7) is 7.71. The molecule has 0 atom stereocenters. The van der Waals surface area contributed by atoms with Gasteiger partial charge in [0, 0.05) is 68.7 Å². The van der Waals surface area contributed by atoms with Crippen molar-refractivity contribution >= 4 is 29.6 Å². The molecule has 9 heteroatoms. The summed E-state index contributed by atoms with van der Waals surface area (Å²) >= 11 is 6.01. The normalized spacial score (nSPS) is 20.4. The quantitative estimate of drug-likeness (QED) is 0.295. The Morgan fingerprint density at radius 3 is 2.49 bits per heavy atom. The molecule has 2 heterocycles. The average Bonchev–Trinajstić information content (AvgIpc) is 3.32. The van der Waals surface area contributed by atoms with Gasteiger partial charge < -0.3 is 9.64 Å². The second kappa shape index (κ2) is 11.9. The highest BCUT2D eigenvalue weighted by atomic mass is 35.5. The molecule has 3 aliphatic rings. The summed E-state index contributed by atoms with van der Waals surface area (Å²) in [6.07, 6.45) is 5.93. The van der Waals surface area contributed by atoms with Crippen LogP contribution in [0.15, 0.2) is 70.5 Å². The van der Waals surface area contributed by atoms with Crippen LogP contribution in [0.3, 0.4) is 0 Å². The first-order chi connectivity index (χ1) is 18.0. The second-order valence-corrected chi connectivity index (χ2v) is 10.0. The van der Waals surface area contributed by atoms with Crippen LogP contribution in [0.25, 0.3) is 6.08 Å². The molecule has 0 saturated carbocycles. The summed E-state index contributed by atoms with van der Waals surface area (Å²) in [5.74, 6) is 0. The van der Waals surface area contributed by atoms with Crippen molar-refractivity contribution in [3.05, 3.63) is 91.6 Å². The summed E-state index contributed by atoms with van der Waals surface area (Å²) in [4.78, 5) is 15.7. The first kappa shape index (κ1) is 25.4. The highest BCUT2D eigenvalue weighted by molar-refractivity contribution is 6.30. The number of halogens is 1. The van der Waals surface area contributed by atoms with Gasteiger partial charge in [0.25, 0.3) is 5.69 Å². The number of nitro groups is 1. The standard InChI is InChI=1S/C28H32ClN5O3/c29-26-8-4-22(5-9-26)21-31-10-12-33(13-11-31)30-20-25-7-6-24(28(25)32-14-16-37-17-15-32)18-23-2-1-3-27(19-23)34(35)36/h1-5,8-9,18-20H,6-7,10-17,21H2. The highest BCUT2D eigenvalue weighted by Crippen LogP contribution is 2.35. The maximum absolute atomic E-state index is 11.2. The van der Waals surface area contributed by atoms with Crippen molar-refractivity contribution in [3.63, 3.8) is 0 Å². The number of nitrogens with zero attached hydrogens (tertiary/aromatic N) is 5. The molecular weight excluding hydrogens is 490 g/mol. The van der Waals surface area contributed by atoms with Crippen molar-refractivity contribution in [2.45, 2.75) is 19.4 Å². The van der Waals surface area contributed by atoms with E-state index in [1.54, 1.807) is 12.1 Å². The first-order valence-electron chi connectivity index (χ1n) is 12.8. The van der Waals surface area contributed by atoms with Crippen LogP contribution in [-0.2, 0) is 11.3 Å². The van der Waals surface area contributed by atoms with Crippen LogP contribution in [0.4, 0.5) is 5.69 Å². The lowest BCUT2D eigenvalue weighted by molar-refractivity contribution is -0.384. The average molecular weight is 522 g/mol. The summed E-state index contributed by atoms with van der Waals surface area (Å²) in [6, 6.07) is 14.9. The Labute approximate surface area is 222 Å². The lowest BCUT2D eigenvalue weighted by Gasteiger charge is -2.33. The number of rotatable bonds is 7. The number of morpholine rings is 1. The van der Waals surface area contributed by atoms with E-state index >= 15 is 0 Å². The third-order valence-electron chi connectivity index (χ3n) is 7.07. The van der Waals surface area contributed by atoms with Gasteiger partial charge in [-0.3, -0.25) is 20.0 Å². The number of ether oxygens (including phenoxy) is 1. The van der Waals surface area contributed by atoms with Crippen LogP contribution >= 0.6 is 11.6 Å². The lowest BCUT2D eigenvalue weighted by atomic mass is 10.1. The molecule has 0 bridgehead atoms. The fourth-order valence-corrected chi connectivity index (χ4v) is 5.24. The minimum absolute atomic E-state index is 0.112. The number of piperazine rings is 1. The molecule has 8 nitrogen and oxygen atoms in total. The molecule has 0 spiro atoms. The van der Waals surface area contributed by atoms with Gasteiger partial charge in [-0.25, -0.2) is 0 Å². The van der Waals surface area contributed by atoms with E-state index in [1.165, 1.54) is 28.5 Å². The number of hydrogen-bond donors (Lipinski definition) is 0. The predicted octanol–water partition coefficient (Wildman–Crippen LogP) is 4.82. The van der Waals surface area contributed by atoms with Crippen molar-refractivity contribution < 1.29 is 9.66 Å². The van der Waals surface area contributed by atoms with Gasteiger partial charge in [0.2, 0.25) is 0 Å². The van der Waals surface area contributed by atoms with E-state index in [1.807, 2.05) is 24.4 Å². The minimum atomic E-state index is -0.345. The van der Waals surface area contributed by atoms with E-state index in [2.05, 4.69) is 33.0 Å². The molecule has 0 amide bonds. The predicted molar refractivity (Wildman–Crippen MR) is 147 cm³/mol. The van der Waals surface area contributed by atoms with Crippen molar-refractivity contribution in [2.75, 3.05) is 52.5 Å². The van der Waals surface area contributed by atoms with Crippen molar-refractivity contribution in [3.8, 4) is 0 Å². The van der Waals surface area contributed by atoms with Crippen LogP contribution in [0.2, 0.25) is 5.02 Å². The molecule has 194 valence electrons. The van der Waals surface area contributed by atoms with Crippen LogP contribution in [0, 0.1) is 10.1 Å². The fraction of sp³-hybridized carbons (Fsp3) is 0.393. The Kier molecular flexibility index (Phi) is 8.18. The van der Waals surface area contributed by atoms with Gasteiger partial charge in [-0.1, -0.05) is 35.9 Å². The Hall–Kier alpha value is -3.20. The van der Waals surface area contributed by atoms with Crippen molar-refractivity contribution in [2.24, 2.45) is 5.10 Å². The van der Waals surface area contributed by atoms with Gasteiger partial charge in [0.15, 0.2) is 0 Å². The van der Waals surface area contributed by atoms with E-state index in [0.29, 0.717) is 13.2 Å². The molecule has 0 N–H and O–H groups in total. The fourth-order valence-electron chi connectivity index (χ4n) is 5.11. The molecule has 0 radical (unpaired) electrons. The largest absolute Gasteiger partial charge is 0.378 e. The Morgan fingerprint density at radius 2 is 1.76 bits per heavy atom. The minimum Gasteiger partial charge on any atom is -0.378 e. The zero-order chi connectivity index (χ0) is 25.6. The van der Waals surface area contributed by atoms with Crippen LogP contribution < -0.4 is 0 Å². The molecule has 0 aromatic heterocycles. The number of benzene rings is 2. The van der Waals surface area contributed by atoms with E-state index in [0.717, 1.165) is 69.2 Å². The second-order valence-electron chi connectivity index (χ2n) is 9.60. The molecule has 2 fully saturated rings. The number of allylic oxidation sites excluding steroid dienone is 2. The van der Waals surface area contributed by atoms with Crippen molar-refractivity contribution in [1.29, 1.82) is 0 Å². The Balaban J connectivity index is 1.29. The number of nitro benzene ring substituents is 1. The van der Waals surface area contributed by atoms with E-state index in [-0.39, 0.29) is 10.6 Å². The van der Waals surface area contributed by atoms with Gasteiger partial charge in [-0.15, -0.1) is 0 Å². The number of hydrogen-bond acceptors (Lipinski definition) is 7. The monoisotopic (exact) mass is 521 g/mol. The summed E-state index contributed by atoms with van der Waals surface area (Å²) in [5.41, 5.74) is 5.88. The Morgan fingerprint density at radius 1 is 1.00 bits per heavy atom. The molecule has 5 rings (SSSR count). The summed E-state index contributed by atoms with van der Waals surface area (Å²) < 4.78 is 5.59. The SMILES string of the molecule is O=[N+]([O-])c1cccc(C=C2CCC(C=NN3CCN(Cc4ccc(Cl)cc4)CC3)=C2N2CCOCC2)c1. The van der Waals surface area contributed by atoms with Gasteiger partial charge in [-0.05, 0) is 53.3 Å². The van der Waals surface area contributed by atoms with E-state index in [9.17, 15) is 10.1 Å². The van der Waals surface area contributed by atoms with Gasteiger partial charge in [0.05, 0.1) is 24.4 Å². The molecular formula is C28H32ClN5O3. The van der Waals surface area contributed by atoms with E-state index < -0.39 is 0 Å². The summed E-state index contributed by atoms with van der Waals surface area (Å²) in [7, 11) is 0. The highest BCUT2D eigenvalue weighted by Gasteiger charge is 2.26. The molecule has 37 heavy (non-hydrogen) atoms. The third-order valence-corrected chi connectivity index (χ3v) is 7.32. The van der Waals surface area contributed by atoms with E-state index in [4.69, 9.17) is 21.4 Å².